The van der Waals surface area contributed by atoms with Gasteiger partial charge in [0, 0.05) is 44.6 Å². The fraction of sp³-hybridized carbons (Fsp3) is 0.294. The molecule has 2 aromatic rings. The lowest BCUT2D eigenvalue weighted by atomic mass is 10.2. The number of hydrogen-bond donors (Lipinski definition) is 1. The van der Waals surface area contributed by atoms with Gasteiger partial charge in [-0.2, -0.15) is 4.31 Å². The van der Waals surface area contributed by atoms with Crippen LogP contribution in [-0.4, -0.2) is 66.2 Å². The van der Waals surface area contributed by atoms with Crippen LogP contribution in [0.2, 0.25) is 0 Å². The Hall–Kier alpha value is -2.89. The highest BCUT2D eigenvalue weighted by atomic mass is 32.2. The van der Waals surface area contributed by atoms with Gasteiger partial charge in [-0.1, -0.05) is 12.1 Å². The maximum atomic E-state index is 12.6. The summed E-state index contributed by atoms with van der Waals surface area (Å²) in [5.74, 6) is -0.391. The number of carbonyl (C=O) groups excluding carboxylic acids is 1. The summed E-state index contributed by atoms with van der Waals surface area (Å²) < 4.78 is 26.5. The second-order valence-corrected chi connectivity index (χ2v) is 8.13. The van der Waals surface area contributed by atoms with Crippen molar-refractivity contribution in [2.75, 3.05) is 38.0 Å². The van der Waals surface area contributed by atoms with Crippen LogP contribution in [0.15, 0.2) is 53.7 Å². The molecular weight excluding hydrogens is 386 g/mol. The van der Waals surface area contributed by atoms with Crippen LogP contribution in [0.25, 0.3) is 0 Å². The quantitative estimate of drug-likeness (QED) is 0.560. The van der Waals surface area contributed by atoms with Crippen molar-refractivity contribution in [2.45, 2.75) is 4.90 Å². The van der Waals surface area contributed by atoms with E-state index >= 15 is 0 Å². The molecule has 0 spiro atoms. The van der Waals surface area contributed by atoms with Crippen LogP contribution in [0.3, 0.4) is 0 Å². The molecule has 1 N–H and O–H groups in total. The predicted molar refractivity (Wildman–Crippen MR) is 101 cm³/mol. The molecule has 1 aliphatic heterocycles. The molecule has 0 aliphatic carbocycles. The number of amides is 1. The van der Waals surface area contributed by atoms with Crippen molar-refractivity contribution in [1.29, 1.82) is 0 Å². The molecule has 10 nitrogen and oxygen atoms in total. The highest BCUT2D eigenvalue weighted by molar-refractivity contribution is 7.89. The van der Waals surface area contributed by atoms with Crippen LogP contribution in [0.4, 0.5) is 11.4 Å². The van der Waals surface area contributed by atoms with E-state index in [1.165, 1.54) is 41.0 Å². The maximum Gasteiger partial charge on any atom is 0.292 e. The normalized spacial score (nSPS) is 15.9. The second-order valence-electron chi connectivity index (χ2n) is 6.19. The van der Waals surface area contributed by atoms with Crippen LogP contribution in [0.1, 0.15) is 0 Å². The van der Waals surface area contributed by atoms with Gasteiger partial charge >= 0.3 is 0 Å². The van der Waals surface area contributed by atoms with Gasteiger partial charge in [-0.25, -0.2) is 8.42 Å². The standard InChI is InChI=1S/C17H19N5O5S/c23-17(19-15-5-1-2-6-16(15)22(24)25)13-20-8-10-21(11-9-20)28(26,27)14-4-3-7-18-12-14/h1-7,12H,8-11,13H2,(H,19,23). The first kappa shape index (κ1) is 19.9. The molecule has 0 atom stereocenters. The number of nitrogens with zero attached hydrogens (tertiary/aromatic N) is 4. The Morgan fingerprint density at radius 2 is 1.86 bits per heavy atom. The minimum atomic E-state index is -3.61. The minimum Gasteiger partial charge on any atom is -0.319 e. The number of anilines is 1. The van der Waals surface area contributed by atoms with Crippen molar-refractivity contribution < 1.29 is 18.1 Å². The van der Waals surface area contributed by atoms with E-state index in [1.807, 2.05) is 0 Å². The molecule has 0 radical (unpaired) electrons. The Bertz CT molecular complexity index is 959. The molecule has 11 heteroatoms. The molecule has 1 amide bonds. The number of nitro groups is 1. The number of hydrogen-bond acceptors (Lipinski definition) is 7. The zero-order valence-corrected chi connectivity index (χ0v) is 15.7. The van der Waals surface area contributed by atoms with Crippen molar-refractivity contribution in [3.63, 3.8) is 0 Å². The molecule has 2 heterocycles. The first-order valence-electron chi connectivity index (χ1n) is 8.54. The summed E-state index contributed by atoms with van der Waals surface area (Å²) in [6.07, 6.45) is 2.81. The van der Waals surface area contributed by atoms with E-state index in [-0.39, 0.29) is 35.9 Å². The summed E-state index contributed by atoms with van der Waals surface area (Å²) in [6.45, 7) is 1.27. The van der Waals surface area contributed by atoms with Gasteiger partial charge < -0.3 is 5.32 Å². The molecule has 28 heavy (non-hydrogen) atoms. The van der Waals surface area contributed by atoms with E-state index in [0.29, 0.717) is 13.1 Å². The zero-order valence-electron chi connectivity index (χ0n) is 14.9. The largest absolute Gasteiger partial charge is 0.319 e. The van der Waals surface area contributed by atoms with E-state index < -0.39 is 20.9 Å². The molecule has 1 aliphatic rings. The van der Waals surface area contributed by atoms with Gasteiger partial charge in [0.15, 0.2) is 0 Å². The second kappa shape index (κ2) is 8.42. The monoisotopic (exact) mass is 405 g/mol. The number of pyridine rings is 1. The fourth-order valence-corrected chi connectivity index (χ4v) is 4.29. The first-order valence-corrected chi connectivity index (χ1v) is 9.98. The van der Waals surface area contributed by atoms with Crippen molar-refractivity contribution in [2.24, 2.45) is 0 Å². The smallest absolute Gasteiger partial charge is 0.292 e. The van der Waals surface area contributed by atoms with Crippen LogP contribution in [-0.2, 0) is 14.8 Å². The maximum absolute atomic E-state index is 12.6. The van der Waals surface area contributed by atoms with Gasteiger partial charge in [-0.15, -0.1) is 0 Å². The molecular formula is C17H19N5O5S. The average molecular weight is 405 g/mol. The number of piperazine rings is 1. The number of benzene rings is 1. The molecule has 0 bridgehead atoms. The van der Waals surface area contributed by atoms with Crippen molar-refractivity contribution in [1.82, 2.24) is 14.2 Å². The molecule has 3 rings (SSSR count). The van der Waals surface area contributed by atoms with Gasteiger partial charge in [-0.3, -0.25) is 24.8 Å². The van der Waals surface area contributed by atoms with Crippen LogP contribution >= 0.6 is 0 Å². The van der Waals surface area contributed by atoms with Gasteiger partial charge in [0.25, 0.3) is 5.69 Å². The number of nitro benzene ring substituents is 1. The van der Waals surface area contributed by atoms with E-state index in [9.17, 15) is 23.3 Å². The Labute approximate surface area is 162 Å². The number of carbonyl (C=O) groups is 1. The fourth-order valence-electron chi connectivity index (χ4n) is 2.91. The van der Waals surface area contributed by atoms with Crippen molar-refractivity contribution in [3.05, 3.63) is 58.9 Å². The Kier molecular flexibility index (Phi) is 5.97. The Morgan fingerprint density at radius 1 is 1.14 bits per heavy atom. The number of rotatable bonds is 6. The summed E-state index contributed by atoms with van der Waals surface area (Å²) in [7, 11) is -3.61. The highest BCUT2D eigenvalue weighted by Gasteiger charge is 2.29. The third kappa shape index (κ3) is 4.50. The summed E-state index contributed by atoms with van der Waals surface area (Å²) in [4.78, 5) is 28.5. The van der Waals surface area contributed by atoms with E-state index in [1.54, 1.807) is 17.0 Å². The lowest BCUT2D eigenvalue weighted by molar-refractivity contribution is -0.383. The van der Waals surface area contributed by atoms with Crippen molar-refractivity contribution >= 4 is 27.3 Å². The molecule has 1 aromatic carbocycles. The first-order chi connectivity index (χ1) is 13.4. The van der Waals surface area contributed by atoms with E-state index in [2.05, 4.69) is 10.3 Å². The number of para-hydroxylation sites is 2. The highest BCUT2D eigenvalue weighted by Crippen LogP contribution is 2.23. The van der Waals surface area contributed by atoms with Crippen LogP contribution in [0.5, 0.6) is 0 Å². The van der Waals surface area contributed by atoms with Gasteiger partial charge in [0.1, 0.15) is 10.6 Å². The summed E-state index contributed by atoms with van der Waals surface area (Å²) in [5.41, 5.74) is -0.0430. The van der Waals surface area contributed by atoms with Crippen LogP contribution in [0, 0.1) is 10.1 Å². The Balaban J connectivity index is 1.56. The van der Waals surface area contributed by atoms with Crippen LogP contribution < -0.4 is 5.32 Å². The third-order valence-corrected chi connectivity index (χ3v) is 6.23. The molecule has 1 aromatic heterocycles. The van der Waals surface area contributed by atoms with E-state index in [4.69, 9.17) is 0 Å². The van der Waals surface area contributed by atoms with E-state index in [0.717, 1.165) is 0 Å². The molecule has 148 valence electrons. The number of nitrogens with one attached hydrogen (secondary N) is 1. The van der Waals surface area contributed by atoms with Crippen molar-refractivity contribution in [3.8, 4) is 0 Å². The van der Waals surface area contributed by atoms with Gasteiger partial charge in [0.05, 0.1) is 11.5 Å². The Morgan fingerprint density at radius 3 is 2.50 bits per heavy atom. The molecule has 1 fully saturated rings. The third-order valence-electron chi connectivity index (χ3n) is 4.35. The molecule has 0 unspecified atom stereocenters. The summed E-state index contributed by atoms with van der Waals surface area (Å²) in [6, 6.07) is 8.97. The lowest BCUT2D eigenvalue weighted by Crippen LogP contribution is -2.50. The predicted octanol–water partition coefficient (Wildman–Crippen LogP) is 0.935. The summed E-state index contributed by atoms with van der Waals surface area (Å²) >= 11 is 0. The summed E-state index contributed by atoms with van der Waals surface area (Å²) in [5, 5.41) is 13.6. The topological polar surface area (TPSA) is 126 Å². The minimum absolute atomic E-state index is 0.0207. The van der Waals surface area contributed by atoms with Gasteiger partial charge in [-0.05, 0) is 18.2 Å². The molecule has 0 saturated carbocycles. The average Bonchev–Trinajstić information content (AvgIpc) is 2.69. The number of aromatic nitrogens is 1. The zero-order chi connectivity index (χ0) is 20.1. The molecule has 1 saturated heterocycles. The number of sulfonamides is 1. The SMILES string of the molecule is O=C(CN1CCN(S(=O)(=O)c2cccnc2)CC1)Nc1ccccc1[N+](=O)[O-]. The van der Waals surface area contributed by atoms with Gasteiger partial charge in [0.2, 0.25) is 15.9 Å². The lowest BCUT2D eigenvalue weighted by Gasteiger charge is -2.33.